The smallest absolute Gasteiger partial charge is 0.305 e. The Labute approximate surface area is 140 Å². The highest BCUT2D eigenvalue weighted by Crippen LogP contribution is 2.34. The van der Waals surface area contributed by atoms with Crippen molar-refractivity contribution in [1.82, 2.24) is 9.97 Å². The molecule has 0 radical (unpaired) electrons. The summed E-state index contributed by atoms with van der Waals surface area (Å²) in [5.74, 6) is 0. The lowest BCUT2D eigenvalue weighted by Crippen LogP contribution is -2.19. The molecule has 118 valence electrons. The first-order valence-electron chi connectivity index (χ1n) is 8.26. The van der Waals surface area contributed by atoms with Gasteiger partial charge in [0.15, 0.2) is 0 Å². The van der Waals surface area contributed by atoms with Crippen LogP contribution in [0.5, 0.6) is 0 Å². The number of benzene rings is 2. The standard InChI is InChI=1S/C21H18N2O/c24-21-22-19(16-10-5-2-6-11-16)18-13-7-12-17(20(18)23-21)14-15-8-3-1-4-9-15/h1-6,8-11,14H,7,12-13H2,(H,22,23,24)/b17-14+. The number of aromatic nitrogens is 2. The van der Waals surface area contributed by atoms with Crippen molar-refractivity contribution in [3.63, 3.8) is 0 Å². The number of nitrogens with one attached hydrogen (secondary N) is 1. The number of aromatic amines is 1. The highest BCUT2D eigenvalue weighted by Gasteiger charge is 2.20. The van der Waals surface area contributed by atoms with Crippen molar-refractivity contribution in [2.24, 2.45) is 0 Å². The van der Waals surface area contributed by atoms with Crippen LogP contribution in [0, 0.1) is 0 Å². The Bertz CT molecular complexity index is 941. The summed E-state index contributed by atoms with van der Waals surface area (Å²) in [5.41, 5.74) is 5.95. The van der Waals surface area contributed by atoms with Crippen molar-refractivity contribution in [3.8, 4) is 11.3 Å². The van der Waals surface area contributed by atoms with E-state index in [-0.39, 0.29) is 5.69 Å². The lowest BCUT2D eigenvalue weighted by Gasteiger charge is -2.20. The van der Waals surface area contributed by atoms with Crippen molar-refractivity contribution >= 4 is 11.6 Å². The van der Waals surface area contributed by atoms with Crippen LogP contribution in [0.15, 0.2) is 65.5 Å². The quantitative estimate of drug-likeness (QED) is 0.766. The summed E-state index contributed by atoms with van der Waals surface area (Å²) < 4.78 is 0. The first kappa shape index (κ1) is 14.6. The summed E-state index contributed by atoms with van der Waals surface area (Å²) >= 11 is 0. The van der Waals surface area contributed by atoms with Crippen LogP contribution >= 0.6 is 0 Å². The number of hydrogen-bond acceptors (Lipinski definition) is 2. The first-order chi connectivity index (χ1) is 11.8. The molecule has 2 aromatic carbocycles. The third-order valence-corrected chi connectivity index (χ3v) is 4.41. The Morgan fingerprint density at radius 3 is 2.38 bits per heavy atom. The van der Waals surface area contributed by atoms with Gasteiger partial charge in [-0.25, -0.2) is 4.79 Å². The number of hydrogen-bond donors (Lipinski definition) is 1. The summed E-state index contributed by atoms with van der Waals surface area (Å²) in [6, 6.07) is 20.2. The van der Waals surface area contributed by atoms with Crippen molar-refractivity contribution in [2.45, 2.75) is 19.3 Å². The molecule has 0 unspecified atom stereocenters. The second-order valence-electron chi connectivity index (χ2n) is 6.04. The molecule has 1 heterocycles. The first-order valence-corrected chi connectivity index (χ1v) is 8.26. The van der Waals surface area contributed by atoms with Gasteiger partial charge < -0.3 is 4.98 Å². The van der Waals surface area contributed by atoms with Gasteiger partial charge in [-0.2, -0.15) is 4.98 Å². The van der Waals surface area contributed by atoms with Gasteiger partial charge in [0, 0.05) is 5.56 Å². The van der Waals surface area contributed by atoms with Gasteiger partial charge in [0.05, 0.1) is 11.4 Å². The Balaban J connectivity index is 1.89. The van der Waals surface area contributed by atoms with Gasteiger partial charge in [-0.15, -0.1) is 0 Å². The SMILES string of the molecule is O=c1nc2c(c(-c3ccccc3)[nH]1)CCC/C2=C\c1ccccc1. The molecule has 1 N–H and O–H groups in total. The Hall–Kier alpha value is -2.94. The van der Waals surface area contributed by atoms with Gasteiger partial charge in [0.2, 0.25) is 0 Å². The van der Waals surface area contributed by atoms with Crippen molar-refractivity contribution in [2.75, 3.05) is 0 Å². The molecule has 0 saturated carbocycles. The fourth-order valence-electron chi connectivity index (χ4n) is 3.32. The second kappa shape index (κ2) is 6.28. The van der Waals surface area contributed by atoms with Crippen molar-refractivity contribution in [3.05, 3.63) is 88.0 Å². The van der Waals surface area contributed by atoms with Crippen LogP contribution in [-0.2, 0) is 6.42 Å². The molecule has 24 heavy (non-hydrogen) atoms. The molecule has 3 nitrogen and oxygen atoms in total. The highest BCUT2D eigenvalue weighted by molar-refractivity contribution is 5.84. The summed E-state index contributed by atoms with van der Waals surface area (Å²) in [5, 5.41) is 0. The average Bonchev–Trinajstić information content (AvgIpc) is 2.63. The van der Waals surface area contributed by atoms with Gasteiger partial charge >= 0.3 is 5.69 Å². The molecule has 0 saturated heterocycles. The number of H-pyrrole nitrogens is 1. The van der Waals surface area contributed by atoms with E-state index in [4.69, 9.17) is 0 Å². The fourth-order valence-corrected chi connectivity index (χ4v) is 3.32. The third-order valence-electron chi connectivity index (χ3n) is 4.41. The monoisotopic (exact) mass is 314 g/mol. The predicted octanol–water partition coefficient (Wildman–Crippen LogP) is 4.31. The van der Waals surface area contributed by atoms with E-state index in [2.05, 4.69) is 28.2 Å². The molecular formula is C21H18N2O. The number of fused-ring (bicyclic) bond motifs is 1. The van der Waals surface area contributed by atoms with Crippen LogP contribution in [0.1, 0.15) is 29.7 Å². The Morgan fingerprint density at radius 2 is 1.62 bits per heavy atom. The van der Waals surface area contributed by atoms with Crippen LogP contribution in [-0.4, -0.2) is 9.97 Å². The summed E-state index contributed by atoms with van der Waals surface area (Å²) in [6.07, 6.45) is 5.11. The summed E-state index contributed by atoms with van der Waals surface area (Å²) in [4.78, 5) is 19.4. The zero-order valence-electron chi connectivity index (χ0n) is 13.3. The minimum atomic E-state index is -0.284. The number of allylic oxidation sites excluding steroid dienone is 1. The maximum Gasteiger partial charge on any atom is 0.345 e. The van der Waals surface area contributed by atoms with E-state index in [0.717, 1.165) is 52.9 Å². The zero-order chi connectivity index (χ0) is 16.4. The van der Waals surface area contributed by atoms with Crippen LogP contribution < -0.4 is 5.69 Å². The minimum Gasteiger partial charge on any atom is -0.305 e. The normalized spacial score (nSPS) is 15.2. The average molecular weight is 314 g/mol. The molecule has 1 aliphatic rings. The van der Waals surface area contributed by atoms with E-state index in [1.165, 1.54) is 0 Å². The Morgan fingerprint density at radius 1 is 0.917 bits per heavy atom. The molecule has 0 atom stereocenters. The van der Waals surface area contributed by atoms with E-state index in [9.17, 15) is 4.79 Å². The van der Waals surface area contributed by atoms with Gasteiger partial charge in [0.25, 0.3) is 0 Å². The van der Waals surface area contributed by atoms with Gasteiger partial charge in [-0.1, -0.05) is 60.7 Å². The third kappa shape index (κ3) is 2.81. The Kier molecular flexibility index (Phi) is 3.83. The lowest BCUT2D eigenvalue weighted by molar-refractivity contribution is 0.798. The number of nitrogens with zero attached hydrogens (tertiary/aromatic N) is 1. The van der Waals surface area contributed by atoms with E-state index >= 15 is 0 Å². The van der Waals surface area contributed by atoms with E-state index < -0.39 is 0 Å². The van der Waals surface area contributed by atoms with Crippen LogP contribution in [0.25, 0.3) is 22.9 Å². The molecule has 0 amide bonds. The summed E-state index contributed by atoms with van der Waals surface area (Å²) in [7, 11) is 0. The zero-order valence-corrected chi connectivity index (χ0v) is 13.3. The fraction of sp³-hybridized carbons (Fsp3) is 0.143. The van der Waals surface area contributed by atoms with E-state index in [1.54, 1.807) is 0 Å². The van der Waals surface area contributed by atoms with Crippen molar-refractivity contribution < 1.29 is 0 Å². The topological polar surface area (TPSA) is 45.8 Å². The molecule has 0 bridgehead atoms. The van der Waals surface area contributed by atoms with Gasteiger partial charge in [0.1, 0.15) is 0 Å². The molecule has 1 aliphatic carbocycles. The maximum atomic E-state index is 12.1. The van der Waals surface area contributed by atoms with E-state index in [0.29, 0.717) is 0 Å². The highest BCUT2D eigenvalue weighted by atomic mass is 16.1. The lowest BCUT2D eigenvalue weighted by atomic mass is 9.88. The maximum absolute atomic E-state index is 12.1. The van der Waals surface area contributed by atoms with Crippen molar-refractivity contribution in [1.29, 1.82) is 0 Å². The molecule has 0 spiro atoms. The molecule has 3 heteroatoms. The molecular weight excluding hydrogens is 296 g/mol. The number of rotatable bonds is 2. The molecule has 4 rings (SSSR count). The van der Waals surface area contributed by atoms with Crippen LogP contribution in [0.4, 0.5) is 0 Å². The van der Waals surface area contributed by atoms with Crippen LogP contribution in [0.2, 0.25) is 0 Å². The minimum absolute atomic E-state index is 0.284. The van der Waals surface area contributed by atoms with Gasteiger partial charge in [-0.3, -0.25) is 0 Å². The second-order valence-corrected chi connectivity index (χ2v) is 6.04. The molecule has 3 aromatic rings. The van der Waals surface area contributed by atoms with Gasteiger partial charge in [-0.05, 0) is 42.0 Å². The molecule has 1 aromatic heterocycles. The summed E-state index contributed by atoms with van der Waals surface area (Å²) in [6.45, 7) is 0. The van der Waals surface area contributed by atoms with Crippen LogP contribution in [0.3, 0.4) is 0 Å². The molecule has 0 aliphatic heterocycles. The largest absolute Gasteiger partial charge is 0.345 e. The molecule has 0 fully saturated rings. The van der Waals surface area contributed by atoms with E-state index in [1.807, 2.05) is 48.5 Å². The predicted molar refractivity (Wildman–Crippen MR) is 97.5 cm³/mol.